The first kappa shape index (κ1) is 63.3. The molecule has 0 aromatic heterocycles. The molecule has 0 saturated carbocycles. The molecule has 0 aliphatic rings. The van der Waals surface area contributed by atoms with Crippen LogP contribution in [-0.2, 0) is 28.6 Å². The van der Waals surface area contributed by atoms with Crippen LogP contribution in [0.1, 0.15) is 252 Å². The lowest BCUT2D eigenvalue weighted by molar-refractivity contribution is -0.167. The Morgan fingerprint density at radius 3 is 1.00 bits per heavy atom. The van der Waals surface area contributed by atoms with E-state index in [4.69, 9.17) is 14.2 Å². The molecular formula is C61H102O6. The largest absolute Gasteiger partial charge is 0.462 e. The molecule has 0 saturated heterocycles. The SMILES string of the molecule is CC/C=C/C/C=C/C/C=C/C/C=C/C/C=C/CCCC(=O)OC[C@@H](COC(=O)CCCCCCCCCCCCCCCCC)OC(=O)CCCCCC/C=C/C/C=C/C/C=C/CCCCC. The van der Waals surface area contributed by atoms with E-state index < -0.39 is 6.10 Å². The number of esters is 3. The van der Waals surface area contributed by atoms with Gasteiger partial charge in [0.2, 0.25) is 0 Å². The number of carbonyl (C=O) groups excluding carboxylic acids is 3. The van der Waals surface area contributed by atoms with Gasteiger partial charge in [-0.15, -0.1) is 0 Å². The molecule has 6 nitrogen and oxygen atoms in total. The lowest BCUT2D eigenvalue weighted by atomic mass is 10.0. The van der Waals surface area contributed by atoms with E-state index in [1.165, 1.54) is 103 Å². The number of hydrogen-bond acceptors (Lipinski definition) is 6. The van der Waals surface area contributed by atoms with Crippen LogP contribution in [0.25, 0.3) is 0 Å². The third-order valence-corrected chi connectivity index (χ3v) is 11.6. The van der Waals surface area contributed by atoms with Crippen LogP contribution in [0.2, 0.25) is 0 Å². The maximum atomic E-state index is 12.8. The maximum absolute atomic E-state index is 12.8. The Morgan fingerprint density at radius 1 is 0.313 bits per heavy atom. The Balaban J connectivity index is 4.52. The van der Waals surface area contributed by atoms with Gasteiger partial charge in [-0.1, -0.05) is 234 Å². The third kappa shape index (κ3) is 53.2. The van der Waals surface area contributed by atoms with Crippen molar-refractivity contribution in [2.24, 2.45) is 0 Å². The lowest BCUT2D eigenvalue weighted by Gasteiger charge is -2.18. The standard InChI is InChI=1S/C61H102O6/c1-4-7-10-13-16-19-22-25-28-30-33-36-39-42-45-48-51-54-60(63)66-57-58(56-65-59(62)53-50-47-44-41-38-35-32-27-24-21-18-15-12-9-6-3)67-61(64)55-52-49-46-43-40-37-34-31-29-26-23-20-17-14-11-8-5-2/h7,10,16-17,19-20,25-26,28-29,33-34,36-37,42,45,58H,4-6,8-9,11-15,18,21-24,27,30-32,35,38-41,43-44,46-57H2,1-3H3/b10-7+,19-16+,20-17+,28-25+,29-26+,36-33+,37-34+,45-42+/t58-/m1/s1. The molecule has 67 heavy (non-hydrogen) atoms. The number of carbonyl (C=O) groups is 3. The average molecular weight is 931 g/mol. The molecule has 0 aliphatic heterocycles. The molecule has 0 bridgehead atoms. The van der Waals surface area contributed by atoms with E-state index in [0.717, 1.165) is 103 Å². The second kappa shape index (κ2) is 54.9. The summed E-state index contributed by atoms with van der Waals surface area (Å²) in [5.74, 6) is -0.983. The topological polar surface area (TPSA) is 78.9 Å². The number of unbranched alkanes of at least 4 members (excludes halogenated alkanes) is 22. The fourth-order valence-corrected chi connectivity index (χ4v) is 7.43. The Bertz CT molecular complexity index is 1350. The Morgan fingerprint density at radius 2 is 0.597 bits per heavy atom. The Hall–Kier alpha value is -3.67. The van der Waals surface area contributed by atoms with Crippen LogP contribution >= 0.6 is 0 Å². The van der Waals surface area contributed by atoms with Crippen molar-refractivity contribution in [2.75, 3.05) is 13.2 Å². The predicted molar refractivity (Wildman–Crippen MR) is 288 cm³/mol. The molecule has 0 aromatic carbocycles. The van der Waals surface area contributed by atoms with Crippen molar-refractivity contribution in [3.8, 4) is 0 Å². The van der Waals surface area contributed by atoms with Crippen LogP contribution in [0.3, 0.4) is 0 Å². The first-order valence-corrected chi connectivity index (χ1v) is 27.7. The highest BCUT2D eigenvalue weighted by Gasteiger charge is 2.19. The molecular weight excluding hydrogens is 829 g/mol. The fraction of sp³-hybridized carbons (Fsp3) is 0.689. The minimum Gasteiger partial charge on any atom is -0.462 e. The van der Waals surface area contributed by atoms with Gasteiger partial charge in [0.1, 0.15) is 13.2 Å². The molecule has 0 N–H and O–H groups in total. The molecule has 0 heterocycles. The summed E-state index contributed by atoms with van der Waals surface area (Å²) in [6, 6.07) is 0. The minimum absolute atomic E-state index is 0.103. The van der Waals surface area contributed by atoms with E-state index >= 15 is 0 Å². The van der Waals surface area contributed by atoms with E-state index in [0.29, 0.717) is 19.3 Å². The molecule has 0 aliphatic carbocycles. The average Bonchev–Trinajstić information content (AvgIpc) is 3.33. The molecule has 1 atom stereocenters. The summed E-state index contributed by atoms with van der Waals surface area (Å²) in [5.41, 5.74) is 0. The minimum atomic E-state index is -0.812. The summed E-state index contributed by atoms with van der Waals surface area (Å²) in [6.45, 7) is 6.44. The second-order valence-electron chi connectivity index (χ2n) is 18.1. The first-order valence-electron chi connectivity index (χ1n) is 27.7. The monoisotopic (exact) mass is 931 g/mol. The number of hydrogen-bond donors (Lipinski definition) is 0. The van der Waals surface area contributed by atoms with Crippen LogP contribution in [0.15, 0.2) is 97.2 Å². The fourth-order valence-electron chi connectivity index (χ4n) is 7.43. The summed E-state index contributed by atoms with van der Waals surface area (Å²) in [4.78, 5) is 38.1. The van der Waals surface area contributed by atoms with Gasteiger partial charge < -0.3 is 14.2 Å². The van der Waals surface area contributed by atoms with E-state index in [1.807, 2.05) is 0 Å². The quantitative estimate of drug-likeness (QED) is 0.0262. The first-order chi connectivity index (χ1) is 33.0. The van der Waals surface area contributed by atoms with Gasteiger partial charge in [-0.2, -0.15) is 0 Å². The summed E-state index contributed by atoms with van der Waals surface area (Å²) in [6.07, 6.45) is 72.5. The Kier molecular flexibility index (Phi) is 51.9. The number of rotatable bonds is 49. The highest BCUT2D eigenvalue weighted by Crippen LogP contribution is 2.15. The molecule has 0 spiro atoms. The van der Waals surface area contributed by atoms with Gasteiger partial charge in [-0.05, 0) is 96.3 Å². The number of ether oxygens (including phenoxy) is 3. The van der Waals surface area contributed by atoms with Crippen LogP contribution in [0.4, 0.5) is 0 Å². The molecule has 0 amide bonds. The van der Waals surface area contributed by atoms with Crippen molar-refractivity contribution in [3.05, 3.63) is 97.2 Å². The van der Waals surface area contributed by atoms with E-state index in [2.05, 4.69) is 118 Å². The van der Waals surface area contributed by atoms with Crippen LogP contribution in [-0.4, -0.2) is 37.2 Å². The van der Waals surface area contributed by atoms with Crippen molar-refractivity contribution in [2.45, 2.75) is 258 Å². The van der Waals surface area contributed by atoms with Gasteiger partial charge in [-0.25, -0.2) is 0 Å². The summed E-state index contributed by atoms with van der Waals surface area (Å²) in [7, 11) is 0. The van der Waals surface area contributed by atoms with E-state index in [-0.39, 0.29) is 37.5 Å². The highest BCUT2D eigenvalue weighted by molar-refractivity contribution is 5.71. The molecule has 0 fully saturated rings. The third-order valence-electron chi connectivity index (χ3n) is 11.6. The van der Waals surface area contributed by atoms with Crippen molar-refractivity contribution >= 4 is 17.9 Å². The van der Waals surface area contributed by atoms with Crippen molar-refractivity contribution in [1.82, 2.24) is 0 Å². The molecule has 0 unspecified atom stereocenters. The summed E-state index contributed by atoms with van der Waals surface area (Å²) in [5, 5.41) is 0. The molecule has 0 aromatic rings. The zero-order valence-corrected chi connectivity index (χ0v) is 43.6. The highest BCUT2D eigenvalue weighted by atomic mass is 16.6. The molecule has 6 heteroatoms. The van der Waals surface area contributed by atoms with Gasteiger partial charge in [0, 0.05) is 19.3 Å². The van der Waals surface area contributed by atoms with Crippen LogP contribution in [0, 0.1) is 0 Å². The van der Waals surface area contributed by atoms with Crippen molar-refractivity contribution < 1.29 is 28.6 Å². The van der Waals surface area contributed by atoms with Crippen LogP contribution < -0.4 is 0 Å². The lowest BCUT2D eigenvalue weighted by Crippen LogP contribution is -2.30. The van der Waals surface area contributed by atoms with Crippen molar-refractivity contribution in [3.63, 3.8) is 0 Å². The summed E-state index contributed by atoms with van der Waals surface area (Å²) < 4.78 is 16.8. The predicted octanol–water partition coefficient (Wildman–Crippen LogP) is 18.5. The smallest absolute Gasteiger partial charge is 0.306 e. The zero-order chi connectivity index (χ0) is 48.6. The molecule has 382 valence electrons. The van der Waals surface area contributed by atoms with Crippen molar-refractivity contribution in [1.29, 1.82) is 0 Å². The van der Waals surface area contributed by atoms with Gasteiger partial charge in [0.25, 0.3) is 0 Å². The van der Waals surface area contributed by atoms with E-state index in [1.54, 1.807) is 0 Å². The van der Waals surface area contributed by atoms with Gasteiger partial charge in [-0.3, -0.25) is 14.4 Å². The zero-order valence-electron chi connectivity index (χ0n) is 43.6. The Labute approximate surface area is 413 Å². The normalized spacial score (nSPS) is 12.8. The van der Waals surface area contributed by atoms with E-state index in [9.17, 15) is 14.4 Å². The second-order valence-corrected chi connectivity index (χ2v) is 18.1. The van der Waals surface area contributed by atoms with Gasteiger partial charge in [0.05, 0.1) is 0 Å². The molecule has 0 radical (unpaired) electrons. The van der Waals surface area contributed by atoms with Gasteiger partial charge in [0.15, 0.2) is 6.10 Å². The van der Waals surface area contributed by atoms with Crippen LogP contribution in [0.5, 0.6) is 0 Å². The summed E-state index contributed by atoms with van der Waals surface area (Å²) >= 11 is 0. The molecule has 0 rings (SSSR count). The van der Waals surface area contributed by atoms with Gasteiger partial charge >= 0.3 is 17.9 Å². The number of allylic oxidation sites excluding steroid dienone is 16. The maximum Gasteiger partial charge on any atom is 0.306 e.